The number of carbonyl (C=O) groups excluding carboxylic acids is 2. The van der Waals surface area contributed by atoms with Crippen LogP contribution in [0.1, 0.15) is 39.9 Å². The molecular formula is C29H23BrFNO5. The zero-order chi connectivity index (χ0) is 26.3. The van der Waals surface area contributed by atoms with E-state index in [4.69, 9.17) is 14.2 Å². The van der Waals surface area contributed by atoms with Gasteiger partial charge in [0, 0.05) is 32.4 Å². The molecule has 2 aliphatic rings. The van der Waals surface area contributed by atoms with Crippen LogP contribution in [0.25, 0.3) is 5.70 Å². The van der Waals surface area contributed by atoms with Gasteiger partial charge in [0.1, 0.15) is 12.4 Å². The van der Waals surface area contributed by atoms with Crippen LogP contribution in [0.2, 0.25) is 0 Å². The fraction of sp³-hybridized carbons (Fsp3) is 0.172. The number of carbonyl (C=O) groups is 2. The maximum atomic E-state index is 14.1. The van der Waals surface area contributed by atoms with Crippen LogP contribution in [0.4, 0.5) is 4.39 Å². The average molecular weight is 564 g/mol. The molecule has 0 fully saturated rings. The van der Waals surface area contributed by atoms with Crippen molar-refractivity contribution < 1.29 is 28.2 Å². The van der Waals surface area contributed by atoms with E-state index < -0.39 is 11.9 Å². The number of fused-ring (bicyclic) bond motifs is 2. The number of nitrogens with one attached hydrogen (secondary N) is 1. The Balaban J connectivity index is 1.62. The summed E-state index contributed by atoms with van der Waals surface area (Å²) in [5, 5.41) is 3.26. The number of halogens is 2. The standard InChI is InChI=1S/C29H23BrFNO5/c1-15-24(29(34)36-3)25(26-27(32-15)17-9-5-6-10-18(17)28(26)33)19-12-22(35-2)23(13-20(19)30)37-14-16-8-4-7-11-21(16)31/h4-13,25,32H,14H2,1-3H3/t25-/m1/s1. The highest BCUT2D eigenvalue weighted by Crippen LogP contribution is 2.50. The van der Waals surface area contributed by atoms with Gasteiger partial charge >= 0.3 is 5.97 Å². The Morgan fingerprint density at radius 2 is 1.73 bits per heavy atom. The third kappa shape index (κ3) is 4.21. The number of esters is 1. The van der Waals surface area contributed by atoms with E-state index in [1.165, 1.54) is 20.3 Å². The van der Waals surface area contributed by atoms with Gasteiger partial charge in [-0.2, -0.15) is 0 Å². The summed E-state index contributed by atoms with van der Waals surface area (Å²) in [6.07, 6.45) is 0. The highest BCUT2D eigenvalue weighted by atomic mass is 79.9. The zero-order valence-corrected chi connectivity index (χ0v) is 21.9. The number of ketones is 1. The molecule has 8 heteroatoms. The molecule has 5 rings (SSSR count). The minimum Gasteiger partial charge on any atom is -0.493 e. The average Bonchev–Trinajstić information content (AvgIpc) is 3.18. The van der Waals surface area contributed by atoms with E-state index in [9.17, 15) is 14.0 Å². The number of ether oxygens (including phenoxy) is 3. The van der Waals surface area contributed by atoms with E-state index in [2.05, 4.69) is 21.2 Å². The van der Waals surface area contributed by atoms with Crippen LogP contribution in [0.15, 0.2) is 82.0 Å². The number of rotatable bonds is 6. The molecule has 3 aromatic rings. The van der Waals surface area contributed by atoms with Crippen molar-refractivity contribution in [2.75, 3.05) is 14.2 Å². The van der Waals surface area contributed by atoms with E-state index >= 15 is 0 Å². The van der Waals surface area contributed by atoms with Crippen LogP contribution in [-0.2, 0) is 16.1 Å². The first kappa shape index (κ1) is 24.8. The summed E-state index contributed by atoms with van der Waals surface area (Å²) >= 11 is 3.62. The number of dihydropyridines is 1. The second-order valence-corrected chi connectivity index (χ2v) is 9.51. The van der Waals surface area contributed by atoms with Crippen LogP contribution in [-0.4, -0.2) is 26.0 Å². The summed E-state index contributed by atoms with van der Waals surface area (Å²) < 4.78 is 31.3. The van der Waals surface area contributed by atoms with E-state index in [0.29, 0.717) is 55.2 Å². The molecule has 1 aliphatic heterocycles. The van der Waals surface area contributed by atoms with Crippen LogP contribution in [0.3, 0.4) is 0 Å². The lowest BCUT2D eigenvalue weighted by atomic mass is 9.79. The maximum absolute atomic E-state index is 14.1. The number of methoxy groups -OCH3 is 2. The van der Waals surface area contributed by atoms with Gasteiger partial charge in [-0.1, -0.05) is 58.4 Å². The predicted molar refractivity (Wildman–Crippen MR) is 140 cm³/mol. The Morgan fingerprint density at radius 1 is 1.03 bits per heavy atom. The topological polar surface area (TPSA) is 73.9 Å². The molecule has 1 heterocycles. The van der Waals surface area contributed by atoms with Crippen molar-refractivity contribution in [3.05, 3.63) is 110 Å². The van der Waals surface area contributed by atoms with Crippen molar-refractivity contribution in [2.45, 2.75) is 19.4 Å². The zero-order valence-electron chi connectivity index (χ0n) is 20.4. The molecule has 3 aromatic carbocycles. The second kappa shape index (κ2) is 9.86. The summed E-state index contributed by atoms with van der Waals surface area (Å²) in [5.41, 5.74) is 4.41. The van der Waals surface area contributed by atoms with Gasteiger partial charge in [-0.05, 0) is 30.7 Å². The Hall–Kier alpha value is -3.91. The van der Waals surface area contributed by atoms with E-state index in [1.807, 2.05) is 18.2 Å². The number of allylic oxidation sites excluding steroid dienone is 2. The third-order valence-corrected chi connectivity index (χ3v) is 7.28. The minimum atomic E-state index is -0.729. The Kier molecular flexibility index (Phi) is 6.60. The lowest BCUT2D eigenvalue weighted by molar-refractivity contribution is -0.136. The lowest BCUT2D eigenvalue weighted by Gasteiger charge is -2.30. The lowest BCUT2D eigenvalue weighted by Crippen LogP contribution is -2.29. The molecule has 188 valence electrons. The molecule has 0 bridgehead atoms. The van der Waals surface area contributed by atoms with Crippen molar-refractivity contribution >= 4 is 33.4 Å². The Bertz CT molecular complexity index is 1510. The highest BCUT2D eigenvalue weighted by molar-refractivity contribution is 9.10. The molecule has 0 unspecified atom stereocenters. The molecule has 0 radical (unpaired) electrons. The molecule has 1 aliphatic carbocycles. The smallest absolute Gasteiger partial charge is 0.336 e. The van der Waals surface area contributed by atoms with Gasteiger partial charge in [0.25, 0.3) is 0 Å². The van der Waals surface area contributed by atoms with Gasteiger partial charge in [0.2, 0.25) is 0 Å². The van der Waals surface area contributed by atoms with Crippen LogP contribution >= 0.6 is 15.9 Å². The number of benzene rings is 3. The molecule has 0 spiro atoms. The van der Waals surface area contributed by atoms with Gasteiger partial charge in [-0.3, -0.25) is 4.79 Å². The first-order valence-corrected chi connectivity index (χ1v) is 12.3. The summed E-state index contributed by atoms with van der Waals surface area (Å²) in [6.45, 7) is 1.78. The third-order valence-electron chi connectivity index (χ3n) is 6.59. The summed E-state index contributed by atoms with van der Waals surface area (Å²) in [7, 11) is 2.80. The van der Waals surface area contributed by atoms with Gasteiger partial charge in [0.05, 0.1) is 31.4 Å². The number of hydrogen-bond donors (Lipinski definition) is 1. The normalized spacial score (nSPS) is 16.2. The molecule has 37 heavy (non-hydrogen) atoms. The largest absolute Gasteiger partial charge is 0.493 e. The first-order chi connectivity index (χ1) is 17.8. The van der Waals surface area contributed by atoms with Crippen LogP contribution in [0, 0.1) is 5.82 Å². The van der Waals surface area contributed by atoms with Gasteiger partial charge < -0.3 is 19.5 Å². The first-order valence-electron chi connectivity index (χ1n) is 11.5. The Labute approximate surface area is 221 Å². The quantitative estimate of drug-likeness (QED) is 0.375. The molecular weight excluding hydrogens is 541 g/mol. The van der Waals surface area contributed by atoms with Crippen LogP contribution in [0.5, 0.6) is 11.5 Å². The number of hydrogen-bond acceptors (Lipinski definition) is 6. The van der Waals surface area contributed by atoms with Crippen molar-refractivity contribution in [1.82, 2.24) is 5.32 Å². The highest BCUT2D eigenvalue weighted by Gasteiger charge is 2.43. The van der Waals surface area contributed by atoms with E-state index in [1.54, 1.807) is 43.3 Å². The summed E-state index contributed by atoms with van der Waals surface area (Å²) in [4.78, 5) is 26.6. The van der Waals surface area contributed by atoms with Crippen LogP contribution < -0.4 is 14.8 Å². The fourth-order valence-electron chi connectivity index (χ4n) is 4.84. The molecule has 6 nitrogen and oxygen atoms in total. The van der Waals surface area contributed by atoms with Crippen molar-refractivity contribution in [3.8, 4) is 11.5 Å². The summed E-state index contributed by atoms with van der Waals surface area (Å²) in [6, 6.07) is 17.1. The molecule has 0 aromatic heterocycles. The minimum absolute atomic E-state index is 0.00230. The van der Waals surface area contributed by atoms with Gasteiger partial charge in [-0.15, -0.1) is 0 Å². The fourth-order valence-corrected chi connectivity index (χ4v) is 5.39. The predicted octanol–water partition coefficient (Wildman–Crippen LogP) is 5.92. The van der Waals surface area contributed by atoms with Crippen molar-refractivity contribution in [3.63, 3.8) is 0 Å². The molecule has 0 saturated carbocycles. The molecule has 0 saturated heterocycles. The van der Waals surface area contributed by atoms with Crippen molar-refractivity contribution in [2.24, 2.45) is 0 Å². The molecule has 1 N–H and O–H groups in total. The van der Waals surface area contributed by atoms with Crippen molar-refractivity contribution in [1.29, 1.82) is 0 Å². The van der Waals surface area contributed by atoms with Gasteiger partial charge in [0.15, 0.2) is 17.3 Å². The monoisotopic (exact) mass is 563 g/mol. The molecule has 1 atom stereocenters. The number of Topliss-reactive ketones (excluding diaryl/α,β-unsaturated/α-hetero) is 1. The summed E-state index contributed by atoms with van der Waals surface area (Å²) in [5.74, 6) is -1.05. The molecule has 0 amide bonds. The van der Waals surface area contributed by atoms with Gasteiger partial charge in [-0.25, -0.2) is 9.18 Å². The Morgan fingerprint density at radius 3 is 2.43 bits per heavy atom. The van der Waals surface area contributed by atoms with E-state index in [-0.39, 0.29) is 18.2 Å². The maximum Gasteiger partial charge on any atom is 0.336 e. The second-order valence-electron chi connectivity index (χ2n) is 8.66. The SMILES string of the molecule is COC(=O)C1=C(C)NC2=C(C(=O)c3ccccc32)[C@@H]1c1cc(OC)c(OCc2ccccc2F)cc1Br. The van der Waals surface area contributed by atoms with E-state index in [0.717, 1.165) is 5.56 Å².